The molecule has 1 heterocycles. The smallest absolute Gasteiger partial charge is 0.164 e. The molecule has 0 amide bonds. The highest BCUT2D eigenvalue weighted by atomic mass is 16.8. The first-order chi connectivity index (χ1) is 6.85. The van der Waals surface area contributed by atoms with Gasteiger partial charge in [0.2, 0.25) is 0 Å². The first-order valence-corrected chi connectivity index (χ1v) is 5.16. The minimum atomic E-state index is -0.653. The Hall–Kier alpha value is -0.640. The van der Waals surface area contributed by atoms with E-state index < -0.39 is 11.9 Å². The number of ether oxygens (including phenoxy) is 2. The highest BCUT2D eigenvalue weighted by molar-refractivity contribution is 5.00. The highest BCUT2D eigenvalue weighted by Crippen LogP contribution is 2.31. The summed E-state index contributed by atoms with van der Waals surface area (Å²) in [6, 6.07) is 0. The molecule has 0 bridgehead atoms. The Bertz CT molecular complexity index is 258. The van der Waals surface area contributed by atoms with E-state index in [2.05, 4.69) is 13.2 Å². The van der Waals surface area contributed by atoms with Crippen LogP contribution in [0.2, 0.25) is 0 Å². The zero-order chi connectivity index (χ0) is 11.6. The first kappa shape index (κ1) is 12.4. The van der Waals surface area contributed by atoms with E-state index in [-0.39, 0.29) is 12.2 Å². The second kappa shape index (κ2) is 4.47. The van der Waals surface area contributed by atoms with Gasteiger partial charge in [0.05, 0.1) is 6.10 Å². The van der Waals surface area contributed by atoms with E-state index in [1.165, 1.54) is 0 Å². The van der Waals surface area contributed by atoms with E-state index in [1.807, 2.05) is 20.8 Å². The predicted octanol–water partition coefficient (Wildman–Crippen LogP) is 2.02. The van der Waals surface area contributed by atoms with Gasteiger partial charge in [-0.15, -0.1) is 13.2 Å². The molecule has 3 atom stereocenters. The Labute approximate surface area is 91.4 Å². The van der Waals surface area contributed by atoms with Gasteiger partial charge in [0.15, 0.2) is 5.79 Å². The molecule has 0 aliphatic carbocycles. The monoisotopic (exact) mass is 212 g/mol. The van der Waals surface area contributed by atoms with Crippen LogP contribution in [0.3, 0.4) is 0 Å². The van der Waals surface area contributed by atoms with Crippen molar-refractivity contribution >= 4 is 0 Å². The van der Waals surface area contributed by atoms with E-state index in [1.54, 1.807) is 6.08 Å². The average molecular weight is 212 g/mol. The lowest BCUT2D eigenvalue weighted by molar-refractivity contribution is -0.153. The lowest BCUT2D eigenvalue weighted by Crippen LogP contribution is -2.34. The van der Waals surface area contributed by atoms with Crippen molar-refractivity contribution in [1.82, 2.24) is 0 Å². The molecule has 3 nitrogen and oxygen atoms in total. The summed E-state index contributed by atoms with van der Waals surface area (Å²) in [6.07, 6.45) is 0.992. The Balaban J connectivity index is 2.67. The molecule has 0 saturated carbocycles. The van der Waals surface area contributed by atoms with Crippen molar-refractivity contribution in [3.8, 4) is 0 Å². The maximum atomic E-state index is 9.94. The maximum absolute atomic E-state index is 9.94. The molecule has 0 aromatic rings. The molecule has 0 aromatic carbocycles. The van der Waals surface area contributed by atoms with Gasteiger partial charge in [-0.2, -0.15) is 0 Å². The summed E-state index contributed by atoms with van der Waals surface area (Å²) in [6.45, 7) is 13.0. The molecular weight excluding hydrogens is 192 g/mol. The van der Waals surface area contributed by atoms with Crippen LogP contribution in [-0.4, -0.2) is 29.2 Å². The van der Waals surface area contributed by atoms with Gasteiger partial charge in [-0.1, -0.05) is 11.6 Å². The molecule has 15 heavy (non-hydrogen) atoms. The summed E-state index contributed by atoms with van der Waals surface area (Å²) < 4.78 is 11.2. The Morgan fingerprint density at radius 1 is 1.53 bits per heavy atom. The summed E-state index contributed by atoms with van der Waals surface area (Å²) in [4.78, 5) is 0. The topological polar surface area (TPSA) is 38.7 Å². The fraction of sp³-hybridized carbons (Fsp3) is 0.667. The van der Waals surface area contributed by atoms with Crippen molar-refractivity contribution in [3.63, 3.8) is 0 Å². The molecule has 0 aromatic heterocycles. The fourth-order valence-electron chi connectivity index (χ4n) is 1.77. The number of hydrogen-bond acceptors (Lipinski definition) is 3. The minimum Gasteiger partial charge on any atom is -0.390 e. The van der Waals surface area contributed by atoms with Crippen molar-refractivity contribution in [3.05, 3.63) is 24.8 Å². The zero-order valence-electron chi connectivity index (χ0n) is 9.69. The normalized spacial score (nSPS) is 31.2. The first-order valence-electron chi connectivity index (χ1n) is 5.16. The molecule has 1 rings (SSSR count). The average Bonchev–Trinajstić information content (AvgIpc) is 2.40. The molecule has 0 radical (unpaired) electrons. The van der Waals surface area contributed by atoms with Crippen molar-refractivity contribution in [2.75, 3.05) is 0 Å². The van der Waals surface area contributed by atoms with E-state index >= 15 is 0 Å². The van der Waals surface area contributed by atoms with Crippen LogP contribution in [-0.2, 0) is 9.47 Å². The van der Waals surface area contributed by atoms with Crippen LogP contribution in [0.4, 0.5) is 0 Å². The SMILES string of the molecule is C=C[C@H]1OC(C)(C)O[C@H]1C(O)CC(=C)C. The van der Waals surface area contributed by atoms with E-state index in [0.717, 1.165) is 5.57 Å². The molecule has 1 aliphatic heterocycles. The van der Waals surface area contributed by atoms with Crippen molar-refractivity contribution in [2.45, 2.75) is 51.3 Å². The lowest BCUT2D eigenvalue weighted by Gasteiger charge is -2.21. The molecule has 1 fully saturated rings. The summed E-state index contributed by atoms with van der Waals surface area (Å²) in [5, 5.41) is 9.94. The summed E-state index contributed by atoms with van der Waals surface area (Å²) >= 11 is 0. The van der Waals surface area contributed by atoms with Gasteiger partial charge in [0, 0.05) is 0 Å². The number of aliphatic hydroxyl groups excluding tert-OH is 1. The third-order valence-electron chi connectivity index (χ3n) is 2.33. The Morgan fingerprint density at radius 2 is 2.13 bits per heavy atom. The number of aliphatic hydroxyl groups is 1. The summed E-state index contributed by atoms with van der Waals surface area (Å²) in [5.41, 5.74) is 0.929. The van der Waals surface area contributed by atoms with Crippen LogP contribution in [0.1, 0.15) is 27.2 Å². The lowest BCUT2D eigenvalue weighted by atomic mass is 10.0. The quantitative estimate of drug-likeness (QED) is 0.725. The van der Waals surface area contributed by atoms with Crippen LogP contribution >= 0.6 is 0 Å². The molecular formula is C12H20O3. The Kier molecular flexibility index (Phi) is 3.71. The van der Waals surface area contributed by atoms with Gasteiger partial charge < -0.3 is 14.6 Å². The summed E-state index contributed by atoms with van der Waals surface area (Å²) in [7, 11) is 0. The Morgan fingerprint density at radius 3 is 2.60 bits per heavy atom. The standard InChI is InChI=1S/C12H20O3/c1-6-10-11(9(13)7-8(2)3)15-12(4,5)14-10/h6,9-11,13H,1-2,7H2,3-5H3/t9?,10-,11+/m1/s1. The van der Waals surface area contributed by atoms with Gasteiger partial charge in [0.1, 0.15) is 12.2 Å². The molecule has 86 valence electrons. The maximum Gasteiger partial charge on any atom is 0.164 e. The van der Waals surface area contributed by atoms with E-state index in [9.17, 15) is 5.11 Å². The predicted molar refractivity (Wildman–Crippen MR) is 59.5 cm³/mol. The van der Waals surface area contributed by atoms with Crippen molar-refractivity contribution in [1.29, 1.82) is 0 Å². The van der Waals surface area contributed by atoms with Crippen LogP contribution in [0, 0.1) is 0 Å². The van der Waals surface area contributed by atoms with Crippen molar-refractivity contribution in [2.24, 2.45) is 0 Å². The number of rotatable bonds is 4. The largest absolute Gasteiger partial charge is 0.390 e. The fourth-order valence-corrected chi connectivity index (χ4v) is 1.77. The molecule has 1 saturated heterocycles. The van der Waals surface area contributed by atoms with Gasteiger partial charge in [-0.05, 0) is 27.2 Å². The van der Waals surface area contributed by atoms with Gasteiger partial charge in [-0.3, -0.25) is 0 Å². The number of hydrogen-bond donors (Lipinski definition) is 1. The minimum absolute atomic E-state index is 0.255. The van der Waals surface area contributed by atoms with E-state index in [0.29, 0.717) is 6.42 Å². The van der Waals surface area contributed by atoms with E-state index in [4.69, 9.17) is 9.47 Å². The van der Waals surface area contributed by atoms with Gasteiger partial charge in [0.25, 0.3) is 0 Å². The van der Waals surface area contributed by atoms with Gasteiger partial charge >= 0.3 is 0 Å². The zero-order valence-corrected chi connectivity index (χ0v) is 9.69. The van der Waals surface area contributed by atoms with Gasteiger partial charge in [-0.25, -0.2) is 0 Å². The second-order valence-corrected chi connectivity index (χ2v) is 4.53. The van der Waals surface area contributed by atoms with Crippen molar-refractivity contribution < 1.29 is 14.6 Å². The molecule has 0 spiro atoms. The van der Waals surface area contributed by atoms with Crippen LogP contribution in [0.15, 0.2) is 24.8 Å². The van der Waals surface area contributed by atoms with Crippen LogP contribution in [0.25, 0.3) is 0 Å². The molecule has 1 aliphatic rings. The third-order valence-corrected chi connectivity index (χ3v) is 2.33. The summed E-state index contributed by atoms with van der Waals surface area (Å²) in [5.74, 6) is -0.653. The molecule has 3 heteroatoms. The van der Waals surface area contributed by atoms with Crippen LogP contribution in [0.5, 0.6) is 0 Å². The van der Waals surface area contributed by atoms with Crippen LogP contribution < -0.4 is 0 Å². The molecule has 1 unspecified atom stereocenters. The highest BCUT2D eigenvalue weighted by Gasteiger charge is 2.43. The third kappa shape index (κ3) is 3.16. The second-order valence-electron chi connectivity index (χ2n) is 4.53. The molecule has 1 N–H and O–H groups in total.